The highest BCUT2D eigenvalue weighted by Crippen LogP contribution is 2.31. The van der Waals surface area contributed by atoms with Gasteiger partial charge in [-0.25, -0.2) is 0 Å². The first-order valence-electron chi connectivity index (χ1n) is 9.85. The van der Waals surface area contributed by atoms with Gasteiger partial charge in [0.2, 0.25) is 11.7 Å². The number of rotatable bonds is 5. The lowest BCUT2D eigenvalue weighted by Crippen LogP contribution is -2.49. The Morgan fingerprint density at radius 1 is 1.13 bits per heavy atom. The van der Waals surface area contributed by atoms with E-state index in [9.17, 15) is 4.79 Å². The quantitative estimate of drug-likeness (QED) is 0.493. The first-order valence-corrected chi connectivity index (χ1v) is 9.85. The maximum Gasteiger partial charge on any atom is 0.272 e. The molecule has 0 radical (unpaired) electrons. The molecule has 3 aromatic heterocycles. The van der Waals surface area contributed by atoms with E-state index in [1.165, 1.54) is 0 Å². The van der Waals surface area contributed by atoms with Crippen LogP contribution in [0.5, 0.6) is 5.75 Å². The Labute approximate surface area is 178 Å². The van der Waals surface area contributed by atoms with Crippen LogP contribution >= 0.6 is 0 Å². The van der Waals surface area contributed by atoms with Crippen LogP contribution in [0.25, 0.3) is 22.8 Å². The summed E-state index contributed by atoms with van der Waals surface area (Å²) in [6.07, 6.45) is 1.68. The molecule has 1 fully saturated rings. The number of aromatic nitrogens is 5. The fourth-order valence-electron chi connectivity index (χ4n) is 3.62. The van der Waals surface area contributed by atoms with Crippen LogP contribution < -0.4 is 4.74 Å². The third kappa shape index (κ3) is 3.43. The van der Waals surface area contributed by atoms with Gasteiger partial charge in [0.25, 0.3) is 5.91 Å². The number of hydrogen-bond acceptors (Lipinski definition) is 7. The average molecular weight is 416 g/mol. The second-order valence-corrected chi connectivity index (χ2v) is 7.32. The van der Waals surface area contributed by atoms with Crippen molar-refractivity contribution in [3.8, 4) is 28.5 Å². The van der Waals surface area contributed by atoms with E-state index in [1.807, 2.05) is 42.5 Å². The monoisotopic (exact) mass is 416 g/mol. The van der Waals surface area contributed by atoms with Crippen LogP contribution in [0.15, 0.2) is 59.3 Å². The summed E-state index contributed by atoms with van der Waals surface area (Å²) in [5.41, 5.74) is 2.70. The number of carbonyl (C=O) groups excluding carboxylic acids is 1. The Bertz CT molecular complexity index is 1230. The predicted molar refractivity (Wildman–Crippen MR) is 111 cm³/mol. The highest BCUT2D eigenvalue weighted by Gasteiger charge is 2.37. The molecule has 1 aliphatic rings. The zero-order valence-electron chi connectivity index (χ0n) is 17.1. The Hall–Kier alpha value is -4.01. The van der Waals surface area contributed by atoms with E-state index in [1.54, 1.807) is 36.0 Å². The van der Waals surface area contributed by atoms with Crippen LogP contribution in [-0.2, 0) is 7.05 Å². The second-order valence-electron chi connectivity index (χ2n) is 7.32. The molecule has 1 amide bonds. The van der Waals surface area contributed by atoms with Crippen LogP contribution in [0.4, 0.5) is 0 Å². The van der Waals surface area contributed by atoms with Crippen molar-refractivity contribution < 1.29 is 14.1 Å². The van der Waals surface area contributed by atoms with Gasteiger partial charge in [0.05, 0.1) is 18.7 Å². The summed E-state index contributed by atoms with van der Waals surface area (Å²) in [6, 6.07) is 14.9. The molecule has 0 spiro atoms. The first kappa shape index (κ1) is 19.0. The van der Waals surface area contributed by atoms with E-state index in [4.69, 9.17) is 9.26 Å². The largest absolute Gasteiger partial charge is 0.496 e. The van der Waals surface area contributed by atoms with E-state index >= 15 is 0 Å². The zero-order chi connectivity index (χ0) is 21.4. The van der Waals surface area contributed by atoms with Crippen molar-refractivity contribution in [2.24, 2.45) is 7.05 Å². The Morgan fingerprint density at radius 2 is 1.94 bits per heavy atom. The summed E-state index contributed by atoms with van der Waals surface area (Å²) in [6.45, 7) is 1.02. The van der Waals surface area contributed by atoms with Gasteiger partial charge in [0, 0.05) is 31.9 Å². The molecular formula is C22H20N6O3. The molecule has 156 valence electrons. The fraction of sp³-hybridized carbons (Fsp3) is 0.227. The number of aryl methyl sites for hydroxylation is 1. The van der Waals surface area contributed by atoms with Crippen molar-refractivity contribution in [3.05, 3.63) is 66.3 Å². The predicted octanol–water partition coefficient (Wildman–Crippen LogP) is 2.78. The Morgan fingerprint density at radius 3 is 2.71 bits per heavy atom. The number of carbonyl (C=O) groups is 1. The molecule has 9 heteroatoms. The minimum Gasteiger partial charge on any atom is -0.496 e. The zero-order valence-corrected chi connectivity index (χ0v) is 17.1. The van der Waals surface area contributed by atoms with Gasteiger partial charge in [-0.15, -0.1) is 0 Å². The number of benzene rings is 1. The third-order valence-corrected chi connectivity index (χ3v) is 5.34. The number of amides is 1. The number of ether oxygens (including phenoxy) is 1. The smallest absolute Gasteiger partial charge is 0.272 e. The van der Waals surface area contributed by atoms with Crippen molar-refractivity contribution in [1.29, 1.82) is 0 Å². The van der Waals surface area contributed by atoms with Gasteiger partial charge in [0.1, 0.15) is 17.1 Å². The molecule has 0 saturated carbocycles. The highest BCUT2D eigenvalue weighted by atomic mass is 16.5. The summed E-state index contributed by atoms with van der Waals surface area (Å²) in [5, 5.41) is 8.51. The van der Waals surface area contributed by atoms with Crippen LogP contribution in [-0.4, -0.2) is 55.9 Å². The lowest BCUT2D eigenvalue weighted by Gasteiger charge is -2.36. The molecule has 9 nitrogen and oxygen atoms in total. The van der Waals surface area contributed by atoms with Gasteiger partial charge >= 0.3 is 0 Å². The number of hydrogen-bond donors (Lipinski definition) is 0. The lowest BCUT2D eigenvalue weighted by atomic mass is 9.99. The van der Waals surface area contributed by atoms with E-state index in [2.05, 4.69) is 20.2 Å². The normalized spacial score (nSPS) is 13.8. The van der Waals surface area contributed by atoms with Crippen molar-refractivity contribution in [3.63, 3.8) is 0 Å². The minimum atomic E-state index is -0.0862. The van der Waals surface area contributed by atoms with Crippen molar-refractivity contribution in [1.82, 2.24) is 29.8 Å². The van der Waals surface area contributed by atoms with E-state index < -0.39 is 0 Å². The molecule has 0 unspecified atom stereocenters. The van der Waals surface area contributed by atoms with Gasteiger partial charge in [-0.1, -0.05) is 23.4 Å². The molecule has 1 aromatic carbocycles. The number of para-hydroxylation sites is 1. The molecule has 0 N–H and O–H groups in total. The number of likely N-dealkylation sites (tertiary alicyclic amines) is 1. The summed E-state index contributed by atoms with van der Waals surface area (Å²) < 4.78 is 12.4. The molecule has 0 aliphatic carbocycles. The number of methoxy groups -OCH3 is 1. The van der Waals surface area contributed by atoms with Crippen LogP contribution in [0, 0.1) is 0 Å². The van der Waals surface area contributed by atoms with Crippen molar-refractivity contribution in [2.45, 2.75) is 5.92 Å². The molecule has 5 rings (SSSR count). The number of nitrogens with zero attached hydrogens (tertiary/aromatic N) is 6. The first-order chi connectivity index (χ1) is 15.1. The molecular weight excluding hydrogens is 396 g/mol. The van der Waals surface area contributed by atoms with Gasteiger partial charge in [-0.05, 0) is 30.3 Å². The van der Waals surface area contributed by atoms with Crippen LogP contribution in [0.2, 0.25) is 0 Å². The standard InChI is InChI=1S/C22H20N6O3/c1-27-18(11-17(25-27)15-7-3-4-9-19(15)30-2)22(29)28-12-14(13-28)21-24-20(26-31-21)16-8-5-6-10-23-16/h3-11,14H,12-13H2,1-2H3. The summed E-state index contributed by atoms with van der Waals surface area (Å²) in [5.74, 6) is 1.61. The summed E-state index contributed by atoms with van der Waals surface area (Å²) >= 11 is 0. The lowest BCUT2D eigenvalue weighted by molar-refractivity contribution is 0.0558. The SMILES string of the molecule is COc1ccccc1-c1cc(C(=O)N2CC(c3nc(-c4ccccn4)no3)C2)n(C)n1. The Balaban J connectivity index is 1.29. The van der Waals surface area contributed by atoms with Gasteiger partial charge in [-0.3, -0.25) is 14.5 Å². The number of pyridine rings is 1. The van der Waals surface area contributed by atoms with Crippen molar-refractivity contribution >= 4 is 5.91 Å². The molecule has 4 aromatic rings. The third-order valence-electron chi connectivity index (χ3n) is 5.34. The fourth-order valence-corrected chi connectivity index (χ4v) is 3.62. The summed E-state index contributed by atoms with van der Waals surface area (Å²) in [4.78, 5) is 23.4. The van der Waals surface area contributed by atoms with Crippen molar-refractivity contribution in [2.75, 3.05) is 20.2 Å². The van der Waals surface area contributed by atoms with E-state index in [0.29, 0.717) is 47.6 Å². The topological polar surface area (TPSA) is 99.2 Å². The van der Waals surface area contributed by atoms with Gasteiger partial charge in [-0.2, -0.15) is 10.1 Å². The van der Waals surface area contributed by atoms with Gasteiger partial charge in [0.15, 0.2) is 0 Å². The molecule has 4 heterocycles. The maximum absolute atomic E-state index is 13.0. The molecule has 0 atom stereocenters. The highest BCUT2D eigenvalue weighted by molar-refractivity contribution is 5.94. The molecule has 0 bridgehead atoms. The molecule has 1 aliphatic heterocycles. The summed E-state index contributed by atoms with van der Waals surface area (Å²) in [7, 11) is 3.38. The van der Waals surface area contributed by atoms with E-state index in [-0.39, 0.29) is 11.8 Å². The van der Waals surface area contributed by atoms with Crippen LogP contribution in [0.1, 0.15) is 22.3 Å². The molecule has 1 saturated heterocycles. The van der Waals surface area contributed by atoms with Gasteiger partial charge < -0.3 is 14.2 Å². The second kappa shape index (κ2) is 7.67. The Kier molecular flexibility index (Phi) is 4.70. The van der Waals surface area contributed by atoms with Crippen LogP contribution in [0.3, 0.4) is 0 Å². The van der Waals surface area contributed by atoms with E-state index in [0.717, 1.165) is 5.56 Å². The molecule has 31 heavy (non-hydrogen) atoms. The maximum atomic E-state index is 13.0. The average Bonchev–Trinajstić information content (AvgIpc) is 3.40. The minimum absolute atomic E-state index is 0.0100.